The van der Waals surface area contributed by atoms with E-state index in [1.165, 1.54) is 0 Å². The predicted octanol–water partition coefficient (Wildman–Crippen LogP) is 2.03. The Hall–Kier alpha value is -1.13. The Labute approximate surface area is 94.8 Å². The first-order valence-corrected chi connectivity index (χ1v) is 5.37. The Morgan fingerprint density at radius 1 is 1.44 bits per heavy atom. The number of rotatable bonds is 7. The number of carbonyl (C=O) groups excluding carboxylic acids is 1. The number of carboxylic acids is 1. The summed E-state index contributed by atoms with van der Waals surface area (Å²) in [6.45, 7) is 4.41. The van der Waals surface area contributed by atoms with Crippen LogP contribution >= 0.6 is 0 Å². The minimum atomic E-state index is -1.74. The molecule has 0 aliphatic rings. The summed E-state index contributed by atoms with van der Waals surface area (Å²) in [5.41, 5.74) is -1.74. The van der Waals surface area contributed by atoms with Crippen LogP contribution in [0.1, 0.15) is 33.6 Å². The van der Waals surface area contributed by atoms with Crippen molar-refractivity contribution in [3.63, 3.8) is 0 Å². The lowest BCUT2D eigenvalue weighted by Crippen LogP contribution is -2.42. The standard InChI is InChI=1S/C11H19FO4/c1-4-16-10(15)11(5-6-12,9(13)14)7-8(2)3/h8H,4-7H2,1-3H3,(H,13,14). The first kappa shape index (κ1) is 14.9. The summed E-state index contributed by atoms with van der Waals surface area (Å²) in [6.07, 6.45) is -0.246. The van der Waals surface area contributed by atoms with E-state index in [-0.39, 0.29) is 25.4 Å². The van der Waals surface area contributed by atoms with Gasteiger partial charge < -0.3 is 9.84 Å². The number of esters is 1. The van der Waals surface area contributed by atoms with Crippen LogP contribution < -0.4 is 0 Å². The minimum Gasteiger partial charge on any atom is -0.480 e. The Morgan fingerprint density at radius 3 is 2.31 bits per heavy atom. The number of alkyl halides is 1. The average molecular weight is 234 g/mol. The second kappa shape index (κ2) is 6.45. The van der Waals surface area contributed by atoms with Crippen molar-refractivity contribution in [3.05, 3.63) is 0 Å². The van der Waals surface area contributed by atoms with Crippen LogP contribution in [0.2, 0.25) is 0 Å². The molecule has 0 saturated carbocycles. The van der Waals surface area contributed by atoms with Crippen molar-refractivity contribution in [2.24, 2.45) is 11.3 Å². The van der Waals surface area contributed by atoms with E-state index in [2.05, 4.69) is 0 Å². The molecular formula is C11H19FO4. The largest absolute Gasteiger partial charge is 0.480 e. The molecule has 0 aromatic heterocycles. The average Bonchev–Trinajstić information content (AvgIpc) is 2.16. The molecule has 5 heteroatoms. The fourth-order valence-corrected chi connectivity index (χ4v) is 1.70. The zero-order chi connectivity index (χ0) is 12.8. The number of carboxylic acid groups (broad SMARTS) is 1. The third-order valence-electron chi connectivity index (χ3n) is 2.35. The molecule has 0 aliphatic carbocycles. The van der Waals surface area contributed by atoms with E-state index in [1.54, 1.807) is 20.8 Å². The van der Waals surface area contributed by atoms with Crippen LogP contribution in [0.5, 0.6) is 0 Å². The van der Waals surface area contributed by atoms with Crippen molar-refractivity contribution in [2.75, 3.05) is 13.3 Å². The lowest BCUT2D eigenvalue weighted by Gasteiger charge is -2.27. The first-order chi connectivity index (χ1) is 7.40. The first-order valence-electron chi connectivity index (χ1n) is 5.37. The third kappa shape index (κ3) is 3.47. The van der Waals surface area contributed by atoms with Crippen LogP contribution in [0, 0.1) is 11.3 Å². The Morgan fingerprint density at radius 2 is 2.00 bits per heavy atom. The molecule has 0 amide bonds. The van der Waals surface area contributed by atoms with Gasteiger partial charge in [-0.05, 0) is 19.3 Å². The van der Waals surface area contributed by atoms with Gasteiger partial charge in [-0.3, -0.25) is 14.0 Å². The van der Waals surface area contributed by atoms with Crippen LogP contribution in [-0.4, -0.2) is 30.3 Å². The van der Waals surface area contributed by atoms with Crippen LogP contribution in [-0.2, 0) is 14.3 Å². The number of hydrogen-bond acceptors (Lipinski definition) is 3. The Kier molecular flexibility index (Phi) is 6.00. The van der Waals surface area contributed by atoms with Gasteiger partial charge in [0, 0.05) is 6.42 Å². The second-order valence-electron chi connectivity index (χ2n) is 4.14. The van der Waals surface area contributed by atoms with Gasteiger partial charge in [0.05, 0.1) is 13.3 Å². The molecule has 0 rings (SSSR count). The number of aliphatic carboxylic acids is 1. The molecule has 0 aliphatic heterocycles. The number of halogens is 1. The highest BCUT2D eigenvalue weighted by molar-refractivity contribution is 5.99. The topological polar surface area (TPSA) is 63.6 Å². The molecule has 0 spiro atoms. The van der Waals surface area contributed by atoms with E-state index in [0.29, 0.717) is 0 Å². The fourth-order valence-electron chi connectivity index (χ4n) is 1.70. The van der Waals surface area contributed by atoms with E-state index >= 15 is 0 Å². The van der Waals surface area contributed by atoms with Crippen molar-refractivity contribution in [2.45, 2.75) is 33.6 Å². The van der Waals surface area contributed by atoms with E-state index < -0.39 is 24.0 Å². The van der Waals surface area contributed by atoms with Crippen LogP contribution in [0.4, 0.5) is 4.39 Å². The summed E-state index contributed by atoms with van der Waals surface area (Å²) < 4.78 is 17.2. The molecule has 0 radical (unpaired) electrons. The molecule has 1 N–H and O–H groups in total. The lowest BCUT2D eigenvalue weighted by molar-refractivity contribution is -0.171. The maximum Gasteiger partial charge on any atom is 0.323 e. The summed E-state index contributed by atoms with van der Waals surface area (Å²) in [7, 11) is 0. The SMILES string of the molecule is CCOC(=O)C(CCF)(CC(C)C)C(=O)O. The molecule has 1 unspecified atom stereocenters. The van der Waals surface area contributed by atoms with Gasteiger partial charge in [0.1, 0.15) is 0 Å². The molecule has 16 heavy (non-hydrogen) atoms. The summed E-state index contributed by atoms with van der Waals surface area (Å²) in [5, 5.41) is 9.13. The highest BCUT2D eigenvalue weighted by Gasteiger charge is 2.47. The van der Waals surface area contributed by atoms with Gasteiger partial charge in [-0.1, -0.05) is 13.8 Å². The molecule has 0 bridgehead atoms. The summed E-state index contributed by atoms with van der Waals surface area (Å²) in [6, 6.07) is 0. The van der Waals surface area contributed by atoms with Crippen LogP contribution in [0.3, 0.4) is 0 Å². The fraction of sp³-hybridized carbons (Fsp3) is 0.818. The Balaban J connectivity index is 5.07. The summed E-state index contributed by atoms with van der Waals surface area (Å²) in [4.78, 5) is 22.9. The van der Waals surface area contributed by atoms with Crippen molar-refractivity contribution >= 4 is 11.9 Å². The van der Waals surface area contributed by atoms with E-state index in [0.717, 1.165) is 0 Å². The molecule has 0 saturated heterocycles. The van der Waals surface area contributed by atoms with Gasteiger partial charge in [-0.15, -0.1) is 0 Å². The number of ether oxygens (including phenoxy) is 1. The third-order valence-corrected chi connectivity index (χ3v) is 2.35. The number of carbonyl (C=O) groups is 2. The van der Waals surface area contributed by atoms with E-state index in [4.69, 9.17) is 9.84 Å². The normalized spacial score (nSPS) is 14.6. The van der Waals surface area contributed by atoms with Crippen molar-refractivity contribution in [3.8, 4) is 0 Å². The highest BCUT2D eigenvalue weighted by Crippen LogP contribution is 2.32. The van der Waals surface area contributed by atoms with Gasteiger partial charge in [0.2, 0.25) is 0 Å². The van der Waals surface area contributed by atoms with Crippen molar-refractivity contribution in [1.82, 2.24) is 0 Å². The molecule has 0 aromatic carbocycles. The van der Waals surface area contributed by atoms with Crippen molar-refractivity contribution in [1.29, 1.82) is 0 Å². The number of hydrogen-bond donors (Lipinski definition) is 1. The second-order valence-corrected chi connectivity index (χ2v) is 4.14. The quantitative estimate of drug-likeness (QED) is 0.540. The van der Waals surface area contributed by atoms with Gasteiger partial charge in [0.15, 0.2) is 5.41 Å². The maximum atomic E-state index is 12.4. The van der Waals surface area contributed by atoms with Gasteiger partial charge in [-0.2, -0.15) is 0 Å². The maximum absolute atomic E-state index is 12.4. The molecule has 94 valence electrons. The van der Waals surface area contributed by atoms with Gasteiger partial charge in [-0.25, -0.2) is 0 Å². The molecular weight excluding hydrogens is 215 g/mol. The highest BCUT2D eigenvalue weighted by atomic mass is 19.1. The smallest absolute Gasteiger partial charge is 0.323 e. The summed E-state index contributed by atoms with van der Waals surface area (Å²) >= 11 is 0. The predicted molar refractivity (Wildman–Crippen MR) is 56.7 cm³/mol. The van der Waals surface area contributed by atoms with Crippen LogP contribution in [0.25, 0.3) is 0 Å². The molecule has 1 atom stereocenters. The summed E-state index contributed by atoms with van der Waals surface area (Å²) in [5.74, 6) is -2.17. The molecule has 0 fully saturated rings. The van der Waals surface area contributed by atoms with Gasteiger partial charge in [0.25, 0.3) is 0 Å². The molecule has 0 heterocycles. The zero-order valence-electron chi connectivity index (χ0n) is 9.96. The lowest BCUT2D eigenvalue weighted by atomic mass is 9.77. The van der Waals surface area contributed by atoms with Crippen molar-refractivity contribution < 1.29 is 23.8 Å². The van der Waals surface area contributed by atoms with Gasteiger partial charge >= 0.3 is 11.9 Å². The van der Waals surface area contributed by atoms with Crippen LogP contribution in [0.15, 0.2) is 0 Å². The Bertz CT molecular complexity index is 252. The monoisotopic (exact) mass is 234 g/mol. The minimum absolute atomic E-state index is 0.0212. The van der Waals surface area contributed by atoms with E-state index in [1.807, 2.05) is 0 Å². The zero-order valence-corrected chi connectivity index (χ0v) is 9.96. The molecule has 0 aromatic rings. The van der Waals surface area contributed by atoms with E-state index in [9.17, 15) is 14.0 Å². The molecule has 4 nitrogen and oxygen atoms in total.